The molecule has 25 heteroatoms. The number of fused-ring (bicyclic) bond motifs is 1. The van der Waals surface area contributed by atoms with Crippen molar-refractivity contribution in [3.05, 3.63) is 108 Å². The maximum Gasteiger partial charge on any atom is 0.256 e. The molecule has 4 N–H and O–H groups in total. The third-order valence-corrected chi connectivity index (χ3v) is 19.0. The van der Waals surface area contributed by atoms with E-state index < -0.39 is 45.4 Å². The second-order valence-electron chi connectivity index (χ2n) is 23.7. The van der Waals surface area contributed by atoms with E-state index in [9.17, 15) is 27.9 Å². The number of carbonyl (C=O) groups is 3. The molecule has 2 saturated carbocycles. The molecular formula is C60H74N14O9S2. The largest absolute Gasteiger partial charge is 0.490 e. The van der Waals surface area contributed by atoms with E-state index >= 15 is 0 Å². The van der Waals surface area contributed by atoms with Crippen molar-refractivity contribution in [2.45, 2.75) is 128 Å². The van der Waals surface area contributed by atoms with Crippen LogP contribution in [0.3, 0.4) is 0 Å². The average Bonchev–Trinajstić information content (AvgIpc) is 2.41. The molecule has 3 atom stereocenters. The number of carbonyl (C=O) groups excluding carboxylic acids is 3. The molecule has 3 amide bonds. The molecule has 4 fully saturated rings. The Hall–Kier alpha value is -7.42. The predicted molar refractivity (Wildman–Crippen MR) is 322 cm³/mol. The summed E-state index contributed by atoms with van der Waals surface area (Å²) in [4.78, 5) is 71.1. The summed E-state index contributed by atoms with van der Waals surface area (Å²) < 4.78 is 47.0. The second-order valence-corrected chi connectivity index (χ2v) is 26.7. The van der Waals surface area contributed by atoms with Crippen LogP contribution >= 0.6 is 11.3 Å². The number of imidazole rings is 1. The topological polar surface area (TPSA) is 266 Å². The van der Waals surface area contributed by atoms with E-state index in [1.54, 1.807) is 29.8 Å². The standard InChI is InChI=1S/C60H74N14O9S2/c1-37(2)74-49-28-52(67-51-17-18-61-57(68-51)41-30-65-73(32-41)85(79,80)47-15-16-47)62-31-48(49)66-53(74)34-81-24-23-70-19-21-71(22-20-70)42-11-13-44(14-12-42)83-46-26-45(27-46)82-35-54(76)69-56(60(4,5)6)59(78)72-33-43(75)25-50(72)58(77)63-29-39-7-9-40(10-8-39)55-38(3)64-36-84-55/h7-14,17-18,28,30-32,36-37,43,45-47,50,56,75H,15-16,19-27,29,33-35H2,1-6H3,(H,63,77)(H,69,76)(H,61,62,67,68)/t43-,45?,46?,50+,56-/m1/s1. The number of likely N-dealkylation sites (tertiary alicyclic amines) is 1. The van der Waals surface area contributed by atoms with Gasteiger partial charge >= 0.3 is 0 Å². The highest BCUT2D eigenvalue weighted by Crippen LogP contribution is 2.34. The molecule has 11 rings (SSSR count). The number of aliphatic hydroxyl groups is 1. The fourth-order valence-electron chi connectivity index (χ4n) is 11.0. The van der Waals surface area contributed by atoms with Gasteiger partial charge in [-0.05, 0) is 80.5 Å². The maximum atomic E-state index is 14.1. The van der Waals surface area contributed by atoms with E-state index in [1.807, 2.05) is 75.7 Å². The number of nitrogens with zero attached hydrogens (tertiary/aromatic N) is 11. The maximum absolute atomic E-state index is 14.1. The summed E-state index contributed by atoms with van der Waals surface area (Å²) in [5.41, 5.74) is 7.32. The van der Waals surface area contributed by atoms with Gasteiger partial charge in [-0.25, -0.2) is 33.3 Å². The molecule has 2 saturated heterocycles. The monoisotopic (exact) mass is 1200 g/mol. The first kappa shape index (κ1) is 59.3. The minimum atomic E-state index is -3.51. The smallest absolute Gasteiger partial charge is 0.256 e. The summed E-state index contributed by atoms with van der Waals surface area (Å²) in [6.07, 6.45) is 7.79. The van der Waals surface area contributed by atoms with Gasteiger partial charge in [-0.1, -0.05) is 45.0 Å². The number of ether oxygens (including phenoxy) is 3. The molecule has 7 heterocycles. The van der Waals surface area contributed by atoms with Gasteiger partial charge < -0.3 is 49.6 Å². The number of benzene rings is 2. The zero-order valence-corrected chi connectivity index (χ0v) is 50.4. The lowest BCUT2D eigenvalue weighted by Crippen LogP contribution is -2.58. The summed E-state index contributed by atoms with van der Waals surface area (Å²) in [5, 5.41) is 23.4. The van der Waals surface area contributed by atoms with Crippen LogP contribution in [0.1, 0.15) is 89.8 Å². The first-order chi connectivity index (χ1) is 40.8. The van der Waals surface area contributed by atoms with Crippen LogP contribution in [0, 0.1) is 12.3 Å². The lowest BCUT2D eigenvalue weighted by Gasteiger charge is -2.37. The summed E-state index contributed by atoms with van der Waals surface area (Å²) in [6, 6.07) is 18.0. The molecule has 2 aromatic carbocycles. The summed E-state index contributed by atoms with van der Waals surface area (Å²) >= 11 is 1.58. The number of aliphatic hydroxyl groups excluding tert-OH is 1. The van der Waals surface area contributed by atoms with E-state index in [1.165, 1.54) is 17.3 Å². The second kappa shape index (κ2) is 25.3. The van der Waals surface area contributed by atoms with E-state index in [4.69, 9.17) is 19.2 Å². The van der Waals surface area contributed by atoms with Crippen LogP contribution in [0.25, 0.3) is 32.9 Å². The van der Waals surface area contributed by atoms with Gasteiger partial charge in [-0.3, -0.25) is 19.3 Å². The molecule has 23 nitrogen and oxygen atoms in total. The SMILES string of the molecule is Cc1ncsc1-c1ccc(CNC(=O)[C@@H]2C[C@@H](O)CN2C(=O)[C@@H](NC(=O)COC2CC(Oc3ccc(N4CCN(CCOCc5nc6cnc(Nc7ccnc(-c8cnn(S(=O)(=O)C9CC9)c8)n7)cc6n5C(C)C)CC4)cc3)C2)C(C)(C)C)cc1. The number of anilines is 3. The minimum absolute atomic E-state index is 0.0107. The fourth-order valence-corrected chi connectivity index (χ4v) is 13.3. The summed E-state index contributed by atoms with van der Waals surface area (Å²) in [6.45, 7) is 17.0. The number of rotatable bonds is 23. The quantitative estimate of drug-likeness (QED) is 0.0515. The highest BCUT2D eigenvalue weighted by atomic mass is 32.2. The number of thiazole rings is 1. The Kier molecular flexibility index (Phi) is 17.6. The van der Waals surface area contributed by atoms with Gasteiger partial charge in [0.1, 0.15) is 60.1 Å². The van der Waals surface area contributed by atoms with Gasteiger partial charge in [0.25, 0.3) is 10.0 Å². The van der Waals surface area contributed by atoms with Gasteiger partial charge in [-0.2, -0.15) is 9.19 Å². The van der Waals surface area contributed by atoms with E-state index in [0.717, 1.165) is 86.8 Å². The Morgan fingerprint density at radius 1 is 0.882 bits per heavy atom. The first-order valence-corrected chi connectivity index (χ1v) is 31.5. The highest BCUT2D eigenvalue weighted by Gasteiger charge is 2.45. The zero-order valence-electron chi connectivity index (χ0n) is 48.8. The molecule has 0 unspecified atom stereocenters. The van der Waals surface area contributed by atoms with E-state index in [0.29, 0.717) is 61.9 Å². The lowest BCUT2D eigenvalue weighted by molar-refractivity contribution is -0.146. The number of aryl methyl sites for hydroxylation is 1. The number of hydrogen-bond acceptors (Lipinski definition) is 19. The Bertz CT molecular complexity index is 3610. The molecule has 0 radical (unpaired) electrons. The van der Waals surface area contributed by atoms with Crippen molar-refractivity contribution in [1.29, 1.82) is 0 Å². The third kappa shape index (κ3) is 14.0. The molecule has 2 aliphatic carbocycles. The number of β-amino-alcohol motifs (C(OH)–C–C–N with tert-alkyl or cyclic N) is 1. The summed E-state index contributed by atoms with van der Waals surface area (Å²) in [7, 11) is -3.51. The lowest BCUT2D eigenvalue weighted by atomic mass is 9.85. The number of aromatic nitrogens is 8. The van der Waals surface area contributed by atoms with Crippen molar-refractivity contribution in [2.24, 2.45) is 5.41 Å². The van der Waals surface area contributed by atoms with Crippen molar-refractivity contribution in [3.63, 3.8) is 0 Å². The Morgan fingerprint density at radius 3 is 2.35 bits per heavy atom. The normalized spacial score (nSPS) is 19.7. The van der Waals surface area contributed by atoms with Gasteiger partial charge in [0.2, 0.25) is 17.7 Å². The van der Waals surface area contributed by atoms with Crippen LogP contribution in [0.5, 0.6) is 5.75 Å². The van der Waals surface area contributed by atoms with Crippen molar-refractivity contribution in [3.8, 4) is 27.6 Å². The number of hydrogen-bond donors (Lipinski definition) is 4. The van der Waals surface area contributed by atoms with Crippen molar-refractivity contribution in [2.75, 3.05) is 62.7 Å². The summed E-state index contributed by atoms with van der Waals surface area (Å²) in [5.74, 6) is 1.77. The number of pyridine rings is 1. The van der Waals surface area contributed by atoms with Crippen LogP contribution in [0.15, 0.2) is 91.0 Å². The van der Waals surface area contributed by atoms with Crippen LogP contribution < -0.4 is 25.6 Å². The molecule has 0 spiro atoms. The fraction of sp³-hybridized carbons (Fsp3) is 0.483. The zero-order chi connectivity index (χ0) is 59.6. The van der Waals surface area contributed by atoms with Gasteiger partial charge in [0, 0.05) is 89.1 Å². The van der Waals surface area contributed by atoms with Crippen LogP contribution in [0.4, 0.5) is 17.3 Å². The first-order valence-electron chi connectivity index (χ1n) is 29.1. The number of piperazine rings is 1. The Labute approximate surface area is 498 Å². The van der Waals surface area contributed by atoms with E-state index in [-0.39, 0.29) is 55.5 Å². The number of nitrogens with one attached hydrogen (secondary N) is 3. The van der Waals surface area contributed by atoms with Crippen molar-refractivity contribution < 1.29 is 42.1 Å². The highest BCUT2D eigenvalue weighted by molar-refractivity contribution is 7.90. The molecule has 7 aromatic rings. The predicted octanol–water partition coefficient (Wildman–Crippen LogP) is 6.26. The molecule has 450 valence electrons. The van der Waals surface area contributed by atoms with Crippen LogP contribution in [-0.2, 0) is 47.0 Å². The third-order valence-electron chi connectivity index (χ3n) is 16.0. The molecule has 5 aromatic heterocycles. The Morgan fingerprint density at radius 2 is 1.65 bits per heavy atom. The molecule has 4 aliphatic rings. The molecule has 0 bridgehead atoms. The van der Waals surface area contributed by atoms with Crippen molar-refractivity contribution >= 4 is 67.4 Å². The average molecular weight is 1200 g/mol. The molecular weight excluding hydrogens is 1120 g/mol. The number of amides is 3. The minimum Gasteiger partial charge on any atom is -0.490 e. The molecule has 2 aliphatic heterocycles. The Balaban J connectivity index is 0.582. The van der Waals surface area contributed by atoms with Gasteiger partial charge in [0.05, 0.1) is 69.8 Å². The van der Waals surface area contributed by atoms with E-state index in [2.05, 4.69) is 81.3 Å². The van der Waals surface area contributed by atoms with Gasteiger partial charge in [0.15, 0.2) is 5.82 Å². The van der Waals surface area contributed by atoms with Crippen LogP contribution in [0.2, 0.25) is 0 Å². The van der Waals surface area contributed by atoms with Crippen LogP contribution in [-0.4, -0.2) is 168 Å². The van der Waals surface area contributed by atoms with Crippen molar-refractivity contribution in [1.82, 2.24) is 59.1 Å². The molecule has 85 heavy (non-hydrogen) atoms. The van der Waals surface area contributed by atoms with Gasteiger partial charge in [-0.15, -0.1) is 11.3 Å².